The van der Waals surface area contributed by atoms with Crippen LogP contribution < -0.4 is 4.90 Å². The zero-order valence-electron chi connectivity index (χ0n) is 20.0. The highest BCUT2D eigenvalue weighted by Crippen LogP contribution is 2.31. The summed E-state index contributed by atoms with van der Waals surface area (Å²) in [5.74, 6) is -1.40. The van der Waals surface area contributed by atoms with Crippen LogP contribution in [0.3, 0.4) is 0 Å². The summed E-state index contributed by atoms with van der Waals surface area (Å²) in [7, 11) is 0. The quantitative estimate of drug-likeness (QED) is 0.651. The van der Waals surface area contributed by atoms with Crippen molar-refractivity contribution in [1.29, 1.82) is 0 Å². The van der Waals surface area contributed by atoms with Gasteiger partial charge in [-0.25, -0.2) is 9.78 Å². The number of nitrogens with zero attached hydrogens (tertiary/aromatic N) is 4. The molecule has 1 aromatic heterocycles. The van der Waals surface area contributed by atoms with E-state index in [-0.39, 0.29) is 30.5 Å². The summed E-state index contributed by atoms with van der Waals surface area (Å²) < 4.78 is 5.15. The molecule has 188 valence electrons. The molecule has 10 heteroatoms. The van der Waals surface area contributed by atoms with E-state index in [9.17, 15) is 14.4 Å². The summed E-state index contributed by atoms with van der Waals surface area (Å²) in [6, 6.07) is 8.10. The second kappa shape index (κ2) is 11.7. The molecule has 0 spiro atoms. The van der Waals surface area contributed by atoms with Crippen molar-refractivity contribution in [2.24, 2.45) is 0 Å². The van der Waals surface area contributed by atoms with Crippen molar-refractivity contribution in [1.82, 2.24) is 14.8 Å². The van der Waals surface area contributed by atoms with E-state index in [4.69, 9.17) is 9.84 Å². The first-order chi connectivity index (χ1) is 16.9. The van der Waals surface area contributed by atoms with E-state index in [1.54, 1.807) is 23.2 Å². The number of aliphatic carboxylic acids is 1. The van der Waals surface area contributed by atoms with Crippen molar-refractivity contribution in [3.05, 3.63) is 46.4 Å². The molecule has 3 heterocycles. The van der Waals surface area contributed by atoms with Crippen LogP contribution in [0, 0.1) is 0 Å². The van der Waals surface area contributed by atoms with Crippen LogP contribution in [0.1, 0.15) is 43.2 Å². The van der Waals surface area contributed by atoms with E-state index in [1.807, 2.05) is 40.7 Å². The zero-order chi connectivity index (χ0) is 24.8. The Morgan fingerprint density at radius 3 is 2.69 bits per heavy atom. The molecular formula is C25H32N4O5S. The minimum absolute atomic E-state index is 0.0294. The third kappa shape index (κ3) is 6.45. The average molecular weight is 501 g/mol. The zero-order valence-corrected chi connectivity index (χ0v) is 20.8. The maximum absolute atomic E-state index is 13.2. The molecule has 2 unspecified atom stereocenters. The van der Waals surface area contributed by atoms with Crippen LogP contribution in [-0.2, 0) is 32.2 Å². The third-order valence-corrected chi connectivity index (χ3v) is 7.52. The number of carbonyl (C=O) groups excluding carboxylic acids is 2. The van der Waals surface area contributed by atoms with Crippen LogP contribution >= 0.6 is 11.3 Å². The molecule has 1 saturated heterocycles. The number of carboxylic acid groups (broad SMARTS) is 1. The second-order valence-corrected chi connectivity index (χ2v) is 10.1. The van der Waals surface area contributed by atoms with Crippen LogP contribution in [0.25, 0.3) is 0 Å². The first-order valence-electron chi connectivity index (χ1n) is 12.0. The number of hydrogen-bond acceptors (Lipinski definition) is 7. The molecule has 2 aliphatic heterocycles. The molecule has 1 N–H and O–H groups in total. The van der Waals surface area contributed by atoms with Gasteiger partial charge in [0.05, 0.1) is 6.54 Å². The van der Waals surface area contributed by atoms with Crippen LogP contribution in [0.5, 0.6) is 0 Å². The van der Waals surface area contributed by atoms with Gasteiger partial charge >= 0.3 is 5.97 Å². The topological polar surface area (TPSA) is 103 Å². The maximum Gasteiger partial charge on any atom is 0.329 e. The van der Waals surface area contributed by atoms with Gasteiger partial charge < -0.3 is 19.6 Å². The van der Waals surface area contributed by atoms with Crippen LogP contribution in [0.4, 0.5) is 5.69 Å². The Kier molecular flexibility index (Phi) is 8.48. The molecule has 9 nitrogen and oxygen atoms in total. The fraction of sp³-hybridized carbons (Fsp3) is 0.520. The minimum atomic E-state index is -1.11. The molecule has 0 radical (unpaired) electrons. The normalized spacial score (nSPS) is 21.2. The third-order valence-electron chi connectivity index (χ3n) is 6.76. The molecule has 2 amide bonds. The van der Waals surface area contributed by atoms with Gasteiger partial charge in [0.1, 0.15) is 18.2 Å². The number of benzene rings is 1. The fourth-order valence-electron chi connectivity index (χ4n) is 5.14. The first-order valence-corrected chi connectivity index (χ1v) is 12.9. The van der Waals surface area contributed by atoms with Crippen LogP contribution in [0.15, 0.2) is 35.8 Å². The smallest absolute Gasteiger partial charge is 0.329 e. The highest BCUT2D eigenvalue weighted by molar-refractivity contribution is 7.09. The first kappa shape index (κ1) is 25.3. The largest absolute Gasteiger partial charge is 0.480 e. The number of carbonyl (C=O) groups is 3. The molecule has 0 saturated carbocycles. The molecule has 2 aliphatic rings. The number of thiazole rings is 1. The van der Waals surface area contributed by atoms with Crippen molar-refractivity contribution in [3.8, 4) is 0 Å². The standard InChI is InChI=1S/C25H32N4O5S/c1-18(30)28-11-9-20-6-4-7-21(29(20)15-23-26-10-12-35-23)14-27(24(31)16-34-17-25(32)33)13-19-5-2-3-8-22(19)28/h2-3,5,8,10,12,20-21H,4,6-7,9,11,13-17H2,1H3,(H,32,33). The Bertz CT molecular complexity index is 1030. The lowest BCUT2D eigenvalue weighted by Gasteiger charge is -2.43. The Balaban J connectivity index is 1.67. The number of rotatable bonds is 6. The molecule has 4 rings (SSSR count). The molecule has 35 heavy (non-hydrogen) atoms. The van der Waals surface area contributed by atoms with Gasteiger partial charge in [0.25, 0.3) is 0 Å². The molecule has 2 aromatic rings. The van der Waals surface area contributed by atoms with Crippen LogP contribution in [-0.4, -0.2) is 76.1 Å². The van der Waals surface area contributed by atoms with E-state index < -0.39 is 12.6 Å². The van der Waals surface area contributed by atoms with E-state index in [2.05, 4.69) is 9.88 Å². The van der Waals surface area contributed by atoms with Gasteiger partial charge in [0.15, 0.2) is 0 Å². The Morgan fingerprint density at radius 1 is 1.14 bits per heavy atom. The van der Waals surface area contributed by atoms with E-state index in [1.165, 1.54) is 0 Å². The number of fused-ring (bicyclic) bond motifs is 3. The predicted octanol–water partition coefficient (Wildman–Crippen LogP) is 2.75. The summed E-state index contributed by atoms with van der Waals surface area (Å²) >= 11 is 1.62. The number of carboxylic acids is 1. The molecular weight excluding hydrogens is 468 g/mol. The summed E-state index contributed by atoms with van der Waals surface area (Å²) in [5.41, 5.74) is 1.70. The van der Waals surface area contributed by atoms with Gasteiger partial charge in [0, 0.05) is 55.9 Å². The summed E-state index contributed by atoms with van der Waals surface area (Å²) in [5, 5.41) is 11.9. The van der Waals surface area contributed by atoms with E-state index in [0.717, 1.165) is 41.9 Å². The number of aromatic nitrogens is 1. The van der Waals surface area contributed by atoms with Crippen molar-refractivity contribution < 1.29 is 24.2 Å². The number of amides is 2. The van der Waals surface area contributed by atoms with Crippen molar-refractivity contribution in [3.63, 3.8) is 0 Å². The fourth-order valence-corrected chi connectivity index (χ4v) is 5.76. The Morgan fingerprint density at radius 2 is 1.94 bits per heavy atom. The van der Waals surface area contributed by atoms with Gasteiger partial charge in [-0.2, -0.15) is 0 Å². The lowest BCUT2D eigenvalue weighted by atomic mass is 9.93. The lowest BCUT2D eigenvalue weighted by Crippen LogP contribution is -2.52. The van der Waals surface area contributed by atoms with Crippen LogP contribution in [0.2, 0.25) is 0 Å². The minimum Gasteiger partial charge on any atom is -0.480 e. The number of piperidine rings is 1. The second-order valence-electron chi connectivity index (χ2n) is 9.09. The number of para-hydroxylation sites is 1. The van der Waals surface area contributed by atoms with Crippen molar-refractivity contribution in [2.45, 2.75) is 57.8 Å². The molecule has 2 atom stereocenters. The summed E-state index contributed by atoms with van der Waals surface area (Å²) in [6.45, 7) is 2.90. The van der Waals surface area contributed by atoms with Gasteiger partial charge in [-0.15, -0.1) is 11.3 Å². The van der Waals surface area contributed by atoms with Gasteiger partial charge in [-0.3, -0.25) is 14.5 Å². The number of anilines is 1. The van der Waals surface area contributed by atoms with Gasteiger partial charge in [-0.1, -0.05) is 24.6 Å². The Labute approximate surface area is 209 Å². The number of hydrogen-bond donors (Lipinski definition) is 1. The average Bonchev–Trinajstić information content (AvgIpc) is 3.33. The van der Waals surface area contributed by atoms with E-state index in [0.29, 0.717) is 26.2 Å². The number of ether oxygens (including phenoxy) is 1. The van der Waals surface area contributed by atoms with Gasteiger partial charge in [0.2, 0.25) is 11.8 Å². The van der Waals surface area contributed by atoms with Gasteiger partial charge in [-0.05, 0) is 30.9 Å². The Hall–Kier alpha value is -2.82. The maximum atomic E-state index is 13.2. The summed E-state index contributed by atoms with van der Waals surface area (Å²) in [6.07, 6.45) is 5.69. The SMILES string of the molecule is CC(=O)N1CCC2CCCC(CN(C(=O)COCC(=O)O)Cc3ccccc31)N2Cc1nccs1. The molecule has 1 aromatic carbocycles. The predicted molar refractivity (Wildman–Crippen MR) is 132 cm³/mol. The van der Waals surface area contributed by atoms with Crippen molar-refractivity contribution in [2.75, 3.05) is 31.2 Å². The highest BCUT2D eigenvalue weighted by Gasteiger charge is 2.35. The monoisotopic (exact) mass is 500 g/mol. The highest BCUT2D eigenvalue weighted by atomic mass is 32.1. The molecule has 2 bridgehead atoms. The summed E-state index contributed by atoms with van der Waals surface area (Å²) in [4.78, 5) is 47.3. The molecule has 0 aliphatic carbocycles. The molecule has 1 fully saturated rings. The van der Waals surface area contributed by atoms with Crippen molar-refractivity contribution >= 4 is 34.8 Å². The van der Waals surface area contributed by atoms with E-state index >= 15 is 0 Å². The lowest BCUT2D eigenvalue weighted by molar-refractivity contribution is -0.146.